The van der Waals surface area contributed by atoms with Crippen molar-refractivity contribution in [2.45, 2.75) is 26.7 Å². The van der Waals surface area contributed by atoms with Gasteiger partial charge in [0, 0.05) is 18.8 Å². The number of rotatable bonds is 10. The highest BCUT2D eigenvalue weighted by atomic mass is 32.2. The SMILES string of the molecule is CCOc1cc(/C=C2\SC(=O)N(CC(=O)N3CCOCC3)C2=O)ccc1OCC(=O)Nc1ccccc1C(C)C. The van der Waals surface area contributed by atoms with Crippen LogP contribution in [0.4, 0.5) is 10.5 Å². The molecule has 0 aromatic heterocycles. The zero-order chi connectivity index (χ0) is 28.6. The van der Waals surface area contributed by atoms with E-state index >= 15 is 0 Å². The van der Waals surface area contributed by atoms with E-state index in [1.54, 1.807) is 29.2 Å². The lowest BCUT2D eigenvalue weighted by Gasteiger charge is -2.28. The first kappa shape index (κ1) is 29.2. The maximum Gasteiger partial charge on any atom is 0.294 e. The molecule has 0 atom stereocenters. The van der Waals surface area contributed by atoms with Crippen LogP contribution in [0.2, 0.25) is 0 Å². The predicted molar refractivity (Wildman–Crippen MR) is 152 cm³/mol. The zero-order valence-electron chi connectivity index (χ0n) is 22.8. The normalized spacial score (nSPS) is 16.6. The number of anilines is 1. The molecule has 0 spiro atoms. The Morgan fingerprint density at radius 1 is 1.07 bits per heavy atom. The third-order valence-corrected chi connectivity index (χ3v) is 7.22. The Balaban J connectivity index is 1.41. The summed E-state index contributed by atoms with van der Waals surface area (Å²) in [6, 6.07) is 12.7. The Morgan fingerprint density at radius 3 is 2.55 bits per heavy atom. The molecule has 0 bridgehead atoms. The van der Waals surface area contributed by atoms with Gasteiger partial charge in [0.05, 0.1) is 24.7 Å². The van der Waals surface area contributed by atoms with Crippen LogP contribution in [0.1, 0.15) is 37.8 Å². The summed E-state index contributed by atoms with van der Waals surface area (Å²) in [4.78, 5) is 53.4. The Labute approximate surface area is 237 Å². The van der Waals surface area contributed by atoms with Crippen LogP contribution in [0, 0.1) is 0 Å². The first-order valence-corrected chi connectivity index (χ1v) is 14.0. The average molecular weight is 568 g/mol. The summed E-state index contributed by atoms with van der Waals surface area (Å²) in [5.74, 6) is -0.0954. The highest BCUT2D eigenvalue weighted by Crippen LogP contribution is 2.35. The van der Waals surface area contributed by atoms with Gasteiger partial charge in [-0.25, -0.2) is 0 Å². The predicted octanol–water partition coefficient (Wildman–Crippen LogP) is 4.12. The van der Waals surface area contributed by atoms with Crippen molar-refractivity contribution in [2.24, 2.45) is 0 Å². The van der Waals surface area contributed by atoms with E-state index < -0.39 is 11.1 Å². The maximum atomic E-state index is 12.9. The second kappa shape index (κ2) is 13.5. The van der Waals surface area contributed by atoms with Gasteiger partial charge in [0.2, 0.25) is 5.91 Å². The standard InChI is InChI=1S/C29H33N3O7S/c1-4-38-24-15-20(9-10-23(24)39-18-26(33)30-22-8-6-5-7-21(22)19(2)3)16-25-28(35)32(29(36)40-25)17-27(34)31-11-13-37-14-12-31/h5-10,15-16,19H,4,11-14,17-18H2,1-3H3,(H,30,33)/b25-16-. The van der Waals surface area contributed by atoms with E-state index in [4.69, 9.17) is 14.2 Å². The number of thioether (sulfide) groups is 1. The number of nitrogens with one attached hydrogen (secondary N) is 1. The molecule has 2 aliphatic rings. The molecule has 212 valence electrons. The summed E-state index contributed by atoms with van der Waals surface area (Å²) in [6.07, 6.45) is 1.58. The number of para-hydroxylation sites is 1. The lowest BCUT2D eigenvalue weighted by Crippen LogP contribution is -2.46. The fourth-order valence-corrected chi connectivity index (χ4v) is 5.12. The lowest BCUT2D eigenvalue weighted by molar-refractivity contribution is -0.139. The van der Waals surface area contributed by atoms with Crippen LogP contribution in [0.25, 0.3) is 6.08 Å². The molecule has 0 saturated carbocycles. The van der Waals surface area contributed by atoms with E-state index in [-0.39, 0.29) is 35.8 Å². The highest BCUT2D eigenvalue weighted by Gasteiger charge is 2.37. The molecular weight excluding hydrogens is 534 g/mol. The fraction of sp³-hybridized carbons (Fsp3) is 0.379. The van der Waals surface area contributed by atoms with Gasteiger partial charge < -0.3 is 24.4 Å². The minimum absolute atomic E-state index is 0.207. The van der Waals surface area contributed by atoms with Gasteiger partial charge in [0.25, 0.3) is 17.1 Å². The van der Waals surface area contributed by atoms with Crippen LogP contribution >= 0.6 is 11.8 Å². The molecule has 0 aliphatic carbocycles. The Morgan fingerprint density at radius 2 is 1.82 bits per heavy atom. The molecule has 2 fully saturated rings. The molecule has 2 aliphatic heterocycles. The molecule has 2 saturated heterocycles. The van der Waals surface area contributed by atoms with Crippen molar-refractivity contribution >= 4 is 46.5 Å². The number of carbonyl (C=O) groups is 4. The van der Waals surface area contributed by atoms with Gasteiger partial charge in [0.15, 0.2) is 18.1 Å². The lowest BCUT2D eigenvalue weighted by atomic mass is 10.0. The zero-order valence-corrected chi connectivity index (χ0v) is 23.6. The van der Waals surface area contributed by atoms with Crippen LogP contribution in [0.5, 0.6) is 11.5 Å². The van der Waals surface area contributed by atoms with E-state index in [0.29, 0.717) is 50.0 Å². The van der Waals surface area contributed by atoms with Gasteiger partial charge in [-0.05, 0) is 60.0 Å². The van der Waals surface area contributed by atoms with Crippen molar-refractivity contribution in [2.75, 3.05) is 51.4 Å². The summed E-state index contributed by atoms with van der Waals surface area (Å²) >= 11 is 0.785. The average Bonchev–Trinajstić information content (AvgIpc) is 3.20. The Bertz CT molecular complexity index is 1300. The van der Waals surface area contributed by atoms with Gasteiger partial charge in [0.1, 0.15) is 6.54 Å². The van der Waals surface area contributed by atoms with Crippen molar-refractivity contribution in [3.05, 3.63) is 58.5 Å². The largest absolute Gasteiger partial charge is 0.490 e. The number of carbonyl (C=O) groups excluding carboxylic acids is 4. The topological polar surface area (TPSA) is 114 Å². The smallest absolute Gasteiger partial charge is 0.294 e. The number of ether oxygens (including phenoxy) is 3. The molecule has 1 N–H and O–H groups in total. The van der Waals surface area contributed by atoms with Crippen LogP contribution in [-0.4, -0.2) is 78.8 Å². The van der Waals surface area contributed by atoms with E-state index in [0.717, 1.165) is 27.9 Å². The van der Waals surface area contributed by atoms with Gasteiger partial charge in [-0.3, -0.25) is 24.1 Å². The molecule has 0 unspecified atom stereocenters. The molecule has 11 heteroatoms. The summed E-state index contributed by atoms with van der Waals surface area (Å²) in [5.41, 5.74) is 2.38. The second-order valence-corrected chi connectivity index (χ2v) is 10.5. The van der Waals surface area contributed by atoms with Crippen molar-refractivity contribution in [1.29, 1.82) is 0 Å². The van der Waals surface area contributed by atoms with Crippen molar-refractivity contribution in [1.82, 2.24) is 9.80 Å². The third-order valence-electron chi connectivity index (χ3n) is 6.31. The molecule has 4 rings (SSSR count). The summed E-state index contributed by atoms with van der Waals surface area (Å²) < 4.78 is 16.7. The maximum absolute atomic E-state index is 12.9. The van der Waals surface area contributed by atoms with Crippen LogP contribution in [-0.2, 0) is 19.1 Å². The Kier molecular flexibility index (Phi) is 9.84. The number of imide groups is 1. The molecule has 10 nitrogen and oxygen atoms in total. The van der Waals surface area contributed by atoms with Gasteiger partial charge in [-0.1, -0.05) is 38.1 Å². The molecule has 2 heterocycles. The van der Waals surface area contributed by atoms with Crippen molar-refractivity contribution in [3.8, 4) is 11.5 Å². The van der Waals surface area contributed by atoms with E-state index in [1.807, 2.05) is 31.2 Å². The number of hydrogen-bond acceptors (Lipinski definition) is 8. The summed E-state index contributed by atoms with van der Waals surface area (Å²) in [5, 5.41) is 2.40. The minimum atomic E-state index is -0.520. The van der Waals surface area contributed by atoms with Crippen molar-refractivity contribution in [3.63, 3.8) is 0 Å². The van der Waals surface area contributed by atoms with Crippen LogP contribution in [0.15, 0.2) is 47.4 Å². The fourth-order valence-electron chi connectivity index (χ4n) is 4.28. The first-order valence-electron chi connectivity index (χ1n) is 13.2. The highest BCUT2D eigenvalue weighted by molar-refractivity contribution is 8.18. The number of benzene rings is 2. The van der Waals surface area contributed by atoms with Crippen LogP contribution in [0.3, 0.4) is 0 Å². The molecule has 40 heavy (non-hydrogen) atoms. The molecule has 2 aromatic carbocycles. The Hall–Kier alpha value is -3.83. The van der Waals surface area contributed by atoms with Crippen molar-refractivity contribution < 1.29 is 33.4 Å². The number of amides is 4. The summed E-state index contributed by atoms with van der Waals surface area (Å²) in [7, 11) is 0. The first-order chi connectivity index (χ1) is 19.3. The summed E-state index contributed by atoms with van der Waals surface area (Å²) in [6.45, 7) is 7.52. The number of nitrogens with zero attached hydrogens (tertiary/aromatic N) is 2. The van der Waals surface area contributed by atoms with Gasteiger partial charge in [-0.2, -0.15) is 0 Å². The van der Waals surface area contributed by atoms with Crippen LogP contribution < -0.4 is 14.8 Å². The second-order valence-electron chi connectivity index (χ2n) is 9.48. The molecular formula is C29H33N3O7S. The van der Waals surface area contributed by atoms with Gasteiger partial charge >= 0.3 is 0 Å². The quantitative estimate of drug-likeness (QED) is 0.427. The molecule has 0 radical (unpaired) electrons. The van der Waals surface area contributed by atoms with E-state index in [9.17, 15) is 19.2 Å². The van der Waals surface area contributed by atoms with E-state index in [2.05, 4.69) is 19.2 Å². The van der Waals surface area contributed by atoms with Gasteiger partial charge in [-0.15, -0.1) is 0 Å². The third kappa shape index (κ3) is 7.22. The minimum Gasteiger partial charge on any atom is -0.490 e. The number of hydrogen-bond donors (Lipinski definition) is 1. The number of morpholine rings is 1. The van der Waals surface area contributed by atoms with E-state index in [1.165, 1.54) is 0 Å². The monoisotopic (exact) mass is 567 g/mol. The molecule has 2 aromatic rings. The molecule has 4 amide bonds.